The molecule has 7 rings (SSSR count). The second-order valence-corrected chi connectivity index (χ2v) is 14.0. The van der Waals surface area contributed by atoms with E-state index in [1.807, 2.05) is 42.5 Å². The lowest BCUT2D eigenvalue weighted by molar-refractivity contribution is -0.749. The van der Waals surface area contributed by atoms with E-state index >= 15 is 4.39 Å². The summed E-state index contributed by atoms with van der Waals surface area (Å²) in [5, 5.41) is 2.51. The highest BCUT2D eigenvalue weighted by Gasteiger charge is 2.51. The van der Waals surface area contributed by atoms with Crippen LogP contribution in [0.3, 0.4) is 0 Å². The Morgan fingerprint density at radius 3 is 2.27 bits per heavy atom. The Morgan fingerprint density at radius 1 is 0.878 bits per heavy atom. The van der Waals surface area contributed by atoms with Crippen molar-refractivity contribution in [1.82, 2.24) is 0 Å². The Balaban J connectivity index is 1.52. The molecule has 1 aromatic heterocycles. The Hall–Kier alpha value is -4.70. The predicted molar refractivity (Wildman–Crippen MR) is 199 cm³/mol. The molecule has 0 radical (unpaired) electrons. The molecule has 0 amide bonds. The van der Waals surface area contributed by atoms with Gasteiger partial charge in [0.2, 0.25) is 11.2 Å². The van der Waals surface area contributed by atoms with Gasteiger partial charge >= 0.3 is 0 Å². The van der Waals surface area contributed by atoms with E-state index in [4.69, 9.17) is 9.47 Å². The van der Waals surface area contributed by atoms with Crippen molar-refractivity contribution < 1.29 is 18.4 Å². The first-order valence-corrected chi connectivity index (χ1v) is 17.9. The highest BCUT2D eigenvalue weighted by molar-refractivity contribution is 6.03. The number of ether oxygens (including phenoxy) is 2. The van der Waals surface area contributed by atoms with Gasteiger partial charge in [-0.2, -0.15) is 4.57 Å². The van der Waals surface area contributed by atoms with E-state index in [0.29, 0.717) is 0 Å². The summed E-state index contributed by atoms with van der Waals surface area (Å²) < 4.78 is 32.1. The van der Waals surface area contributed by atoms with E-state index in [2.05, 4.69) is 100.0 Å². The average Bonchev–Trinajstić information content (AvgIpc) is 3.24. The number of nitrogens with zero attached hydrogens (tertiary/aromatic N) is 1. The van der Waals surface area contributed by atoms with Crippen LogP contribution in [0.5, 0.6) is 0 Å². The zero-order valence-electron chi connectivity index (χ0n) is 29.6. The van der Waals surface area contributed by atoms with Crippen LogP contribution in [0.1, 0.15) is 99.8 Å². The van der Waals surface area contributed by atoms with Crippen molar-refractivity contribution in [3.8, 4) is 11.3 Å². The molecular weight excluding hydrogens is 605 g/mol. The highest BCUT2D eigenvalue weighted by atomic mass is 19.1. The minimum atomic E-state index is -0.532. The number of allylic oxidation sites excluding steroid dienone is 1. The molecular formula is C45H47FNO2+. The Kier molecular flexibility index (Phi) is 8.69. The van der Waals surface area contributed by atoms with E-state index in [9.17, 15) is 0 Å². The number of benzene rings is 4. The molecule has 0 N–H and O–H groups in total. The number of halogens is 1. The van der Waals surface area contributed by atoms with Gasteiger partial charge in [0.25, 0.3) is 0 Å². The molecule has 0 saturated carbocycles. The number of hydrogen-bond acceptors (Lipinski definition) is 2. The lowest BCUT2D eigenvalue weighted by Crippen LogP contribution is -2.58. The van der Waals surface area contributed by atoms with Crippen LogP contribution in [0.25, 0.3) is 33.9 Å². The van der Waals surface area contributed by atoms with Gasteiger partial charge in [-0.1, -0.05) is 120 Å². The molecule has 3 nitrogen and oxygen atoms in total. The van der Waals surface area contributed by atoms with Crippen LogP contribution in [-0.4, -0.2) is 7.11 Å². The lowest BCUT2D eigenvalue weighted by atomic mass is 9.68. The molecule has 0 fully saturated rings. The van der Waals surface area contributed by atoms with Gasteiger partial charge in [-0.25, -0.2) is 4.39 Å². The first kappa shape index (κ1) is 32.8. The molecule has 0 spiro atoms. The largest absolute Gasteiger partial charge is 0.496 e. The number of aromatic nitrogens is 1. The third-order valence-electron chi connectivity index (χ3n) is 11.1. The Morgan fingerprint density at radius 2 is 1.59 bits per heavy atom. The summed E-state index contributed by atoms with van der Waals surface area (Å²) in [7, 11) is 1.71. The highest BCUT2D eigenvalue weighted by Crippen LogP contribution is 2.53. The standard InChI is InChI=1S/C45H47FNO2/c1-7-10-17-30-22-24-35-41-34(30)26-27-47-43(41)40-33(23-25-36(46)42(40)44(35,4)5)28-39(45(47,8-2)9-3)49-38(32-20-15-12-16-21-32)29-37(48-6)31-18-13-11-14-19-31/h11-16,18-29,38H,7-10,17H2,1-6H3/q+1. The molecule has 4 heteroatoms. The second-order valence-electron chi connectivity index (χ2n) is 14.0. The first-order chi connectivity index (χ1) is 23.8. The van der Waals surface area contributed by atoms with E-state index in [-0.39, 0.29) is 5.82 Å². The molecule has 4 aromatic carbocycles. The average molecular weight is 653 g/mol. The number of rotatable bonds is 11. The van der Waals surface area contributed by atoms with Crippen molar-refractivity contribution in [3.05, 3.63) is 148 Å². The van der Waals surface area contributed by atoms with Gasteiger partial charge in [-0.3, -0.25) is 0 Å². The van der Waals surface area contributed by atoms with Crippen LogP contribution in [0.4, 0.5) is 4.39 Å². The number of methoxy groups -OCH3 is 1. The molecule has 49 heavy (non-hydrogen) atoms. The maximum absolute atomic E-state index is 16.3. The van der Waals surface area contributed by atoms with E-state index in [1.165, 1.54) is 21.9 Å². The fourth-order valence-electron chi connectivity index (χ4n) is 8.35. The number of unbranched alkanes of at least 4 members (excludes halogenated alkanes) is 1. The SMILES string of the molecule is CCCCc1ccc2c3c4[n+](ccc13)C(CC)(CC)C(OC(C=C(OC)c1ccccc1)c1ccccc1)=Cc1ccc(F)c(c1-4)C2(C)C. The Labute approximate surface area is 290 Å². The summed E-state index contributed by atoms with van der Waals surface area (Å²) in [6, 6.07) is 30.9. The first-order valence-electron chi connectivity index (χ1n) is 17.9. The number of hydrogen-bond donors (Lipinski definition) is 0. The number of pyridine rings is 1. The summed E-state index contributed by atoms with van der Waals surface area (Å²) in [5.41, 5.74) is 7.31. The fourth-order valence-corrected chi connectivity index (χ4v) is 8.35. The quantitative estimate of drug-likeness (QED) is 0.105. The Bertz CT molecular complexity index is 2070. The topological polar surface area (TPSA) is 22.3 Å². The van der Waals surface area contributed by atoms with E-state index < -0.39 is 17.1 Å². The van der Waals surface area contributed by atoms with Crippen molar-refractivity contribution in [3.63, 3.8) is 0 Å². The summed E-state index contributed by atoms with van der Waals surface area (Å²) in [6.07, 6.45) is 11.0. The molecule has 2 heterocycles. The summed E-state index contributed by atoms with van der Waals surface area (Å²) in [5.74, 6) is 1.44. The molecule has 1 aliphatic heterocycles. The van der Waals surface area contributed by atoms with Crippen LogP contribution >= 0.6 is 0 Å². The second kappa shape index (κ2) is 13.0. The van der Waals surface area contributed by atoms with Crippen molar-refractivity contribution in [2.45, 2.75) is 83.8 Å². The molecule has 2 aliphatic rings. The zero-order chi connectivity index (χ0) is 34.3. The van der Waals surface area contributed by atoms with Crippen LogP contribution in [0.2, 0.25) is 0 Å². The molecule has 0 saturated heterocycles. The van der Waals surface area contributed by atoms with Gasteiger partial charge in [0.1, 0.15) is 17.7 Å². The van der Waals surface area contributed by atoms with Gasteiger partial charge in [-0.15, -0.1) is 0 Å². The van der Waals surface area contributed by atoms with Crippen LogP contribution in [-0.2, 0) is 26.8 Å². The third-order valence-corrected chi connectivity index (χ3v) is 11.1. The molecule has 1 unspecified atom stereocenters. The molecule has 1 atom stereocenters. The van der Waals surface area contributed by atoms with Gasteiger partial charge in [-0.05, 0) is 52.6 Å². The summed E-state index contributed by atoms with van der Waals surface area (Å²) >= 11 is 0. The monoisotopic (exact) mass is 652 g/mol. The lowest BCUT2D eigenvalue weighted by Gasteiger charge is -2.36. The third kappa shape index (κ3) is 5.28. The fraction of sp³-hybridized carbons (Fsp3) is 0.311. The normalized spacial score (nSPS) is 16.1. The molecule has 5 aromatic rings. The molecule has 0 bridgehead atoms. The molecule has 1 aliphatic carbocycles. The van der Waals surface area contributed by atoms with Gasteiger partial charge in [0.15, 0.2) is 12.0 Å². The minimum Gasteiger partial charge on any atom is -0.496 e. The van der Waals surface area contributed by atoms with Crippen molar-refractivity contribution in [2.24, 2.45) is 0 Å². The van der Waals surface area contributed by atoms with Crippen molar-refractivity contribution in [1.29, 1.82) is 0 Å². The number of aryl methyl sites for hydroxylation is 1. The zero-order valence-corrected chi connectivity index (χ0v) is 29.6. The maximum atomic E-state index is 16.3. The van der Waals surface area contributed by atoms with Gasteiger partial charge in [0.05, 0.1) is 18.1 Å². The van der Waals surface area contributed by atoms with Crippen LogP contribution in [0, 0.1) is 5.82 Å². The van der Waals surface area contributed by atoms with E-state index in [1.54, 1.807) is 13.2 Å². The summed E-state index contributed by atoms with van der Waals surface area (Å²) in [6.45, 7) is 11.1. The summed E-state index contributed by atoms with van der Waals surface area (Å²) in [4.78, 5) is 0. The maximum Gasteiger partial charge on any atom is 0.224 e. The predicted octanol–water partition coefficient (Wildman–Crippen LogP) is 11.2. The smallest absolute Gasteiger partial charge is 0.224 e. The van der Waals surface area contributed by atoms with Crippen LogP contribution < -0.4 is 4.57 Å². The minimum absolute atomic E-state index is 0.165. The van der Waals surface area contributed by atoms with Crippen molar-refractivity contribution >= 4 is 22.6 Å². The van der Waals surface area contributed by atoms with Crippen molar-refractivity contribution in [2.75, 3.05) is 7.11 Å². The van der Waals surface area contributed by atoms with Gasteiger partial charge < -0.3 is 9.47 Å². The molecule has 250 valence electrons. The van der Waals surface area contributed by atoms with E-state index in [0.717, 1.165) is 77.1 Å². The van der Waals surface area contributed by atoms with Crippen LogP contribution in [0.15, 0.2) is 109 Å². The van der Waals surface area contributed by atoms with Gasteiger partial charge in [0, 0.05) is 41.5 Å².